The third kappa shape index (κ3) is 8.19. The molecule has 4 N–H and O–H groups in total. The second kappa shape index (κ2) is 10.2. The van der Waals surface area contributed by atoms with Crippen molar-refractivity contribution in [1.82, 2.24) is 10.6 Å². The lowest BCUT2D eigenvalue weighted by atomic mass is 9.96. The molecule has 0 rings (SSSR count). The molecule has 0 saturated heterocycles. The Balaban J connectivity index is 4.77. The fourth-order valence-corrected chi connectivity index (χ4v) is 2.30. The van der Waals surface area contributed by atoms with E-state index in [-0.39, 0.29) is 42.4 Å². The maximum atomic E-state index is 12.3. The van der Waals surface area contributed by atoms with Gasteiger partial charge in [-0.3, -0.25) is 19.2 Å². The van der Waals surface area contributed by atoms with Gasteiger partial charge >= 0.3 is 0 Å². The largest absolute Gasteiger partial charge is 0.370 e. The van der Waals surface area contributed by atoms with Crippen LogP contribution in [0.15, 0.2) is 0 Å². The van der Waals surface area contributed by atoms with Crippen LogP contribution in [0.3, 0.4) is 0 Å². The molecular formula is C17H31N3O4. The van der Waals surface area contributed by atoms with E-state index in [0.717, 1.165) is 0 Å². The SMILES string of the molecule is CC(C)N[C@@H](C)C(=O)C[C@@H](C)C(=O)N[C@@H](CC(N)=O)C(=O)C(C)C. The molecule has 0 radical (unpaired) electrons. The van der Waals surface area contributed by atoms with Crippen molar-refractivity contribution in [2.45, 2.75) is 72.5 Å². The van der Waals surface area contributed by atoms with Gasteiger partial charge in [-0.15, -0.1) is 0 Å². The number of rotatable bonds is 11. The number of amides is 2. The van der Waals surface area contributed by atoms with Crippen molar-refractivity contribution >= 4 is 23.4 Å². The summed E-state index contributed by atoms with van der Waals surface area (Å²) in [6.07, 6.45) is -0.180. The van der Waals surface area contributed by atoms with Crippen molar-refractivity contribution in [2.24, 2.45) is 17.6 Å². The van der Waals surface area contributed by atoms with E-state index in [4.69, 9.17) is 5.73 Å². The summed E-state index contributed by atoms with van der Waals surface area (Å²) in [5.41, 5.74) is 5.15. The molecule has 138 valence electrons. The molecule has 7 nitrogen and oxygen atoms in total. The highest BCUT2D eigenvalue weighted by molar-refractivity contribution is 5.95. The lowest BCUT2D eigenvalue weighted by Crippen LogP contribution is -2.47. The maximum absolute atomic E-state index is 12.3. The number of ketones is 2. The van der Waals surface area contributed by atoms with Gasteiger partial charge in [0, 0.05) is 24.3 Å². The standard InChI is InChI=1S/C17H31N3O4/c1-9(2)16(23)13(8-15(18)22)20-17(24)11(5)7-14(21)12(6)19-10(3)4/h9-13,19H,7-8H2,1-6H3,(H2,18,22)(H,20,24)/t11-,12+,13+/m1/s1. The Bertz CT molecular complexity index is 474. The number of carbonyl (C=O) groups is 4. The number of nitrogens with one attached hydrogen (secondary N) is 2. The van der Waals surface area contributed by atoms with Gasteiger partial charge in [-0.2, -0.15) is 0 Å². The van der Waals surface area contributed by atoms with E-state index in [9.17, 15) is 19.2 Å². The van der Waals surface area contributed by atoms with Crippen molar-refractivity contribution in [3.63, 3.8) is 0 Å². The molecule has 0 aliphatic carbocycles. The summed E-state index contributed by atoms with van der Waals surface area (Å²) in [4.78, 5) is 47.6. The van der Waals surface area contributed by atoms with E-state index in [0.29, 0.717) is 0 Å². The van der Waals surface area contributed by atoms with Crippen molar-refractivity contribution < 1.29 is 19.2 Å². The first-order valence-corrected chi connectivity index (χ1v) is 8.36. The fourth-order valence-electron chi connectivity index (χ4n) is 2.30. The molecule has 0 fully saturated rings. The van der Waals surface area contributed by atoms with E-state index >= 15 is 0 Å². The lowest BCUT2D eigenvalue weighted by Gasteiger charge is -2.21. The first-order valence-electron chi connectivity index (χ1n) is 8.36. The van der Waals surface area contributed by atoms with Crippen LogP contribution in [0.25, 0.3) is 0 Å². The molecule has 0 spiro atoms. The van der Waals surface area contributed by atoms with Gasteiger partial charge in [-0.25, -0.2) is 0 Å². The van der Waals surface area contributed by atoms with E-state index in [1.54, 1.807) is 27.7 Å². The molecule has 3 atom stereocenters. The van der Waals surface area contributed by atoms with Gasteiger partial charge in [-0.05, 0) is 6.92 Å². The average Bonchev–Trinajstić information content (AvgIpc) is 2.43. The Kier molecular flexibility index (Phi) is 9.43. The van der Waals surface area contributed by atoms with Crippen LogP contribution in [0.4, 0.5) is 0 Å². The van der Waals surface area contributed by atoms with Crippen molar-refractivity contribution in [3.8, 4) is 0 Å². The summed E-state index contributed by atoms with van der Waals surface area (Å²) in [6, 6.07) is -1.13. The molecule has 24 heavy (non-hydrogen) atoms. The molecule has 2 amide bonds. The Hall–Kier alpha value is -1.76. The summed E-state index contributed by atoms with van der Waals surface area (Å²) in [5, 5.41) is 5.64. The molecule has 0 bridgehead atoms. The summed E-state index contributed by atoms with van der Waals surface area (Å²) < 4.78 is 0. The minimum absolute atomic E-state index is 0.0614. The Labute approximate surface area is 144 Å². The molecule has 0 aliphatic heterocycles. The van der Waals surface area contributed by atoms with Crippen LogP contribution in [0, 0.1) is 11.8 Å². The highest BCUT2D eigenvalue weighted by atomic mass is 16.2. The average molecular weight is 341 g/mol. The fraction of sp³-hybridized carbons (Fsp3) is 0.765. The van der Waals surface area contributed by atoms with Crippen molar-refractivity contribution in [2.75, 3.05) is 0 Å². The summed E-state index contributed by atoms with van der Waals surface area (Å²) >= 11 is 0. The molecule has 0 heterocycles. The van der Waals surface area contributed by atoms with Gasteiger partial charge in [0.25, 0.3) is 0 Å². The Morgan fingerprint density at radius 2 is 1.46 bits per heavy atom. The number of primary amides is 1. The molecule has 0 aromatic rings. The zero-order valence-electron chi connectivity index (χ0n) is 15.5. The second-order valence-corrected chi connectivity index (χ2v) is 6.90. The van der Waals surface area contributed by atoms with Crippen molar-refractivity contribution in [1.29, 1.82) is 0 Å². The van der Waals surface area contributed by atoms with Gasteiger partial charge < -0.3 is 16.4 Å². The van der Waals surface area contributed by atoms with E-state index in [1.165, 1.54) is 0 Å². The summed E-state index contributed by atoms with van der Waals surface area (Å²) in [5.74, 6) is -2.34. The molecular weight excluding hydrogens is 310 g/mol. The van der Waals surface area contributed by atoms with Crippen LogP contribution in [0.5, 0.6) is 0 Å². The number of nitrogens with two attached hydrogens (primary N) is 1. The molecule has 0 unspecified atom stereocenters. The highest BCUT2D eigenvalue weighted by Crippen LogP contribution is 2.09. The number of hydrogen-bond acceptors (Lipinski definition) is 5. The molecule has 0 aromatic carbocycles. The molecule has 0 saturated carbocycles. The zero-order valence-corrected chi connectivity index (χ0v) is 15.5. The first kappa shape index (κ1) is 22.2. The van der Waals surface area contributed by atoms with E-state index in [1.807, 2.05) is 13.8 Å². The minimum atomic E-state index is -0.946. The summed E-state index contributed by atoms with van der Waals surface area (Å²) in [7, 11) is 0. The van der Waals surface area contributed by atoms with Gasteiger partial charge in [0.15, 0.2) is 5.78 Å². The third-order valence-electron chi connectivity index (χ3n) is 3.66. The molecule has 0 aromatic heterocycles. The monoisotopic (exact) mass is 341 g/mol. The normalized spacial score (nSPS) is 15.0. The Morgan fingerprint density at radius 1 is 0.917 bits per heavy atom. The van der Waals surface area contributed by atoms with Gasteiger partial charge in [0.05, 0.1) is 18.5 Å². The number of carbonyl (C=O) groups excluding carboxylic acids is 4. The molecule has 0 aliphatic rings. The minimum Gasteiger partial charge on any atom is -0.370 e. The van der Waals surface area contributed by atoms with Gasteiger partial charge in [0.1, 0.15) is 5.78 Å². The smallest absolute Gasteiger partial charge is 0.223 e. The van der Waals surface area contributed by atoms with Crippen LogP contribution in [-0.2, 0) is 19.2 Å². The van der Waals surface area contributed by atoms with Gasteiger partial charge in [-0.1, -0.05) is 34.6 Å². The Morgan fingerprint density at radius 3 is 1.88 bits per heavy atom. The topological polar surface area (TPSA) is 118 Å². The van der Waals surface area contributed by atoms with E-state index in [2.05, 4.69) is 10.6 Å². The number of Topliss-reactive ketones (excluding diaryl/α,β-unsaturated/α-hetero) is 2. The first-order chi connectivity index (χ1) is 11.0. The predicted molar refractivity (Wildman–Crippen MR) is 92.1 cm³/mol. The lowest BCUT2D eigenvalue weighted by molar-refractivity contribution is -0.134. The zero-order chi connectivity index (χ0) is 19.0. The second-order valence-electron chi connectivity index (χ2n) is 6.90. The number of hydrogen-bond donors (Lipinski definition) is 3. The van der Waals surface area contributed by atoms with Crippen LogP contribution in [0.2, 0.25) is 0 Å². The third-order valence-corrected chi connectivity index (χ3v) is 3.66. The predicted octanol–water partition coefficient (Wildman–Crippen LogP) is 0.554. The van der Waals surface area contributed by atoms with Crippen LogP contribution in [-0.4, -0.2) is 41.5 Å². The van der Waals surface area contributed by atoms with E-state index < -0.39 is 23.8 Å². The maximum Gasteiger partial charge on any atom is 0.223 e. The van der Waals surface area contributed by atoms with Gasteiger partial charge in [0.2, 0.25) is 11.8 Å². The van der Waals surface area contributed by atoms with Crippen molar-refractivity contribution in [3.05, 3.63) is 0 Å². The van der Waals surface area contributed by atoms with Crippen LogP contribution >= 0.6 is 0 Å². The van der Waals surface area contributed by atoms with Crippen LogP contribution < -0.4 is 16.4 Å². The quantitative estimate of drug-likeness (QED) is 0.507. The highest BCUT2D eigenvalue weighted by Gasteiger charge is 2.28. The molecule has 7 heteroatoms. The summed E-state index contributed by atoms with van der Waals surface area (Å²) in [6.45, 7) is 10.6. The van der Waals surface area contributed by atoms with Crippen LogP contribution in [0.1, 0.15) is 54.4 Å².